The first-order chi connectivity index (χ1) is 9.20. The molecule has 0 aliphatic rings. The first kappa shape index (κ1) is 17.8. The average Bonchev–Trinajstić information content (AvgIpc) is 2.41. The van der Waals surface area contributed by atoms with Crippen molar-refractivity contribution in [2.75, 3.05) is 39.6 Å². The molecular weight excluding hydrogens is 256 g/mol. The van der Waals surface area contributed by atoms with E-state index in [0.717, 1.165) is 0 Å². The summed E-state index contributed by atoms with van der Waals surface area (Å²) in [4.78, 5) is 22.0. The zero-order valence-corrected chi connectivity index (χ0v) is 11.0. The van der Waals surface area contributed by atoms with Gasteiger partial charge in [0.2, 0.25) is 0 Å². The van der Waals surface area contributed by atoms with Crippen LogP contribution in [0.2, 0.25) is 0 Å². The van der Waals surface area contributed by atoms with E-state index in [1.54, 1.807) is 0 Å². The Labute approximate surface area is 112 Å². The predicted molar refractivity (Wildman–Crippen MR) is 65.4 cm³/mol. The third kappa shape index (κ3) is 13.1. The lowest BCUT2D eigenvalue weighted by Crippen LogP contribution is -2.10. The molecule has 0 rings (SSSR count). The summed E-state index contributed by atoms with van der Waals surface area (Å²) in [6.45, 7) is 0.536. The SMILES string of the molecule is O=C(CCCOCCCC(=O)OCCO)OCCO. The van der Waals surface area contributed by atoms with E-state index in [0.29, 0.717) is 26.1 Å². The van der Waals surface area contributed by atoms with Crippen LogP contribution in [-0.2, 0) is 23.8 Å². The molecule has 0 aliphatic heterocycles. The highest BCUT2D eigenvalue weighted by Gasteiger charge is 2.03. The topological polar surface area (TPSA) is 102 Å². The van der Waals surface area contributed by atoms with Gasteiger partial charge in [-0.05, 0) is 12.8 Å². The number of rotatable bonds is 12. The number of carbonyl (C=O) groups is 2. The highest BCUT2D eigenvalue weighted by molar-refractivity contribution is 5.69. The largest absolute Gasteiger partial charge is 0.463 e. The minimum Gasteiger partial charge on any atom is -0.463 e. The summed E-state index contributed by atoms with van der Waals surface area (Å²) >= 11 is 0. The molecule has 0 amide bonds. The Morgan fingerprint density at radius 3 is 1.53 bits per heavy atom. The van der Waals surface area contributed by atoms with Gasteiger partial charge in [-0.2, -0.15) is 0 Å². The number of hydrogen-bond donors (Lipinski definition) is 2. The van der Waals surface area contributed by atoms with Crippen LogP contribution in [0.4, 0.5) is 0 Å². The van der Waals surface area contributed by atoms with Crippen LogP contribution in [0.25, 0.3) is 0 Å². The second-order valence-corrected chi connectivity index (χ2v) is 3.71. The van der Waals surface area contributed by atoms with Gasteiger partial charge in [0.05, 0.1) is 13.2 Å². The molecule has 112 valence electrons. The summed E-state index contributed by atoms with van der Waals surface area (Å²) in [7, 11) is 0. The van der Waals surface area contributed by atoms with Crippen LogP contribution >= 0.6 is 0 Å². The lowest BCUT2D eigenvalue weighted by molar-refractivity contribution is -0.145. The van der Waals surface area contributed by atoms with Gasteiger partial charge in [0, 0.05) is 26.1 Å². The summed E-state index contributed by atoms with van der Waals surface area (Å²) in [5.41, 5.74) is 0. The summed E-state index contributed by atoms with van der Waals surface area (Å²) < 4.78 is 14.6. The molecule has 0 aromatic heterocycles. The maximum Gasteiger partial charge on any atom is 0.305 e. The molecule has 0 radical (unpaired) electrons. The molecule has 2 N–H and O–H groups in total. The monoisotopic (exact) mass is 278 g/mol. The number of aliphatic hydroxyl groups is 2. The van der Waals surface area contributed by atoms with Crippen LogP contribution in [0.5, 0.6) is 0 Å². The molecule has 0 saturated carbocycles. The van der Waals surface area contributed by atoms with Crippen molar-refractivity contribution in [1.29, 1.82) is 0 Å². The summed E-state index contributed by atoms with van der Waals surface area (Å²) in [6.07, 6.45) is 1.58. The van der Waals surface area contributed by atoms with Crippen molar-refractivity contribution < 1.29 is 34.0 Å². The second-order valence-electron chi connectivity index (χ2n) is 3.71. The van der Waals surface area contributed by atoms with E-state index >= 15 is 0 Å². The Morgan fingerprint density at radius 2 is 1.16 bits per heavy atom. The zero-order chi connectivity index (χ0) is 14.3. The highest BCUT2D eigenvalue weighted by Crippen LogP contribution is 1.97. The first-order valence-corrected chi connectivity index (χ1v) is 6.31. The van der Waals surface area contributed by atoms with Crippen LogP contribution < -0.4 is 0 Å². The van der Waals surface area contributed by atoms with Crippen molar-refractivity contribution in [2.24, 2.45) is 0 Å². The van der Waals surface area contributed by atoms with Crippen molar-refractivity contribution in [1.82, 2.24) is 0 Å². The predicted octanol–water partition coefficient (Wildman–Crippen LogP) is -0.366. The molecule has 7 heteroatoms. The van der Waals surface area contributed by atoms with E-state index in [-0.39, 0.29) is 51.2 Å². The summed E-state index contributed by atoms with van der Waals surface area (Å²) in [6, 6.07) is 0. The minimum atomic E-state index is -0.356. The minimum absolute atomic E-state index is 0.0235. The standard InChI is InChI=1S/C12H22O7/c13-5-9-18-11(15)3-1-7-17-8-2-4-12(16)19-10-6-14/h13-14H,1-10H2. The Morgan fingerprint density at radius 1 is 0.737 bits per heavy atom. The molecular formula is C12H22O7. The third-order valence-electron chi connectivity index (χ3n) is 2.05. The van der Waals surface area contributed by atoms with Crippen molar-refractivity contribution in [2.45, 2.75) is 25.7 Å². The summed E-state index contributed by atoms with van der Waals surface area (Å²) in [5.74, 6) is -0.713. The molecule has 19 heavy (non-hydrogen) atoms. The maximum absolute atomic E-state index is 11.0. The van der Waals surface area contributed by atoms with E-state index in [2.05, 4.69) is 9.47 Å². The van der Waals surface area contributed by atoms with E-state index < -0.39 is 0 Å². The first-order valence-electron chi connectivity index (χ1n) is 6.31. The van der Waals surface area contributed by atoms with Gasteiger partial charge in [-0.25, -0.2) is 0 Å². The Bertz CT molecular complexity index is 218. The molecule has 0 saturated heterocycles. The lowest BCUT2D eigenvalue weighted by atomic mass is 10.3. The molecule has 0 spiro atoms. The van der Waals surface area contributed by atoms with Gasteiger partial charge in [-0.1, -0.05) is 0 Å². The Kier molecular flexibility index (Phi) is 12.4. The van der Waals surface area contributed by atoms with Gasteiger partial charge in [-0.3, -0.25) is 9.59 Å². The van der Waals surface area contributed by atoms with Gasteiger partial charge in [0.25, 0.3) is 0 Å². The van der Waals surface area contributed by atoms with Crippen LogP contribution in [0.1, 0.15) is 25.7 Å². The van der Waals surface area contributed by atoms with Crippen molar-refractivity contribution >= 4 is 11.9 Å². The lowest BCUT2D eigenvalue weighted by Gasteiger charge is -2.05. The zero-order valence-electron chi connectivity index (χ0n) is 11.0. The molecule has 0 unspecified atom stereocenters. The van der Waals surface area contributed by atoms with Crippen molar-refractivity contribution in [3.63, 3.8) is 0 Å². The van der Waals surface area contributed by atoms with Gasteiger partial charge in [0.1, 0.15) is 13.2 Å². The molecule has 0 aromatic carbocycles. The number of aliphatic hydroxyl groups excluding tert-OH is 2. The van der Waals surface area contributed by atoms with Gasteiger partial charge < -0.3 is 24.4 Å². The highest BCUT2D eigenvalue weighted by atomic mass is 16.5. The van der Waals surface area contributed by atoms with Gasteiger partial charge >= 0.3 is 11.9 Å². The second kappa shape index (κ2) is 13.3. The van der Waals surface area contributed by atoms with Crippen molar-refractivity contribution in [3.05, 3.63) is 0 Å². The van der Waals surface area contributed by atoms with Crippen molar-refractivity contribution in [3.8, 4) is 0 Å². The van der Waals surface area contributed by atoms with Crippen LogP contribution in [0.3, 0.4) is 0 Å². The summed E-state index contributed by atoms with van der Waals surface area (Å²) in [5, 5.41) is 16.9. The molecule has 0 atom stereocenters. The molecule has 7 nitrogen and oxygen atoms in total. The number of hydrogen-bond acceptors (Lipinski definition) is 7. The number of ether oxygens (including phenoxy) is 3. The fraction of sp³-hybridized carbons (Fsp3) is 0.833. The van der Waals surface area contributed by atoms with Crippen LogP contribution in [-0.4, -0.2) is 61.8 Å². The molecule has 0 aliphatic carbocycles. The molecule has 0 aromatic rings. The smallest absolute Gasteiger partial charge is 0.305 e. The quantitative estimate of drug-likeness (QED) is 0.371. The van der Waals surface area contributed by atoms with E-state index in [1.165, 1.54) is 0 Å². The molecule has 0 heterocycles. The maximum atomic E-state index is 11.0. The fourth-order valence-electron chi connectivity index (χ4n) is 1.20. The molecule has 0 bridgehead atoms. The third-order valence-corrected chi connectivity index (χ3v) is 2.05. The average molecular weight is 278 g/mol. The van der Waals surface area contributed by atoms with Gasteiger partial charge in [0.15, 0.2) is 0 Å². The van der Waals surface area contributed by atoms with Gasteiger partial charge in [-0.15, -0.1) is 0 Å². The number of carbonyl (C=O) groups excluding carboxylic acids is 2. The fourth-order valence-corrected chi connectivity index (χ4v) is 1.20. The van der Waals surface area contributed by atoms with Crippen LogP contribution in [0.15, 0.2) is 0 Å². The van der Waals surface area contributed by atoms with Crippen LogP contribution in [0, 0.1) is 0 Å². The Balaban J connectivity index is 3.22. The van der Waals surface area contributed by atoms with E-state index in [4.69, 9.17) is 14.9 Å². The Hall–Kier alpha value is -1.18. The van der Waals surface area contributed by atoms with E-state index in [1.807, 2.05) is 0 Å². The number of esters is 2. The molecule has 0 fully saturated rings. The normalized spacial score (nSPS) is 10.2. The van der Waals surface area contributed by atoms with E-state index in [9.17, 15) is 9.59 Å².